The van der Waals surface area contributed by atoms with E-state index in [0.717, 1.165) is 29.0 Å². The van der Waals surface area contributed by atoms with Gasteiger partial charge >= 0.3 is 0 Å². The lowest BCUT2D eigenvalue weighted by Crippen LogP contribution is -2.14. The Morgan fingerprint density at radius 3 is 2.40 bits per heavy atom. The molecule has 0 saturated heterocycles. The van der Waals surface area contributed by atoms with E-state index in [0.29, 0.717) is 0 Å². The van der Waals surface area contributed by atoms with Gasteiger partial charge in [0.15, 0.2) is 0 Å². The minimum absolute atomic E-state index is 0.638. The normalized spacial score (nSPS) is 12.4. The van der Waals surface area contributed by atoms with Crippen LogP contribution < -0.4 is 4.74 Å². The third-order valence-corrected chi connectivity index (χ3v) is 3.25. The van der Waals surface area contributed by atoms with Crippen molar-refractivity contribution in [1.29, 1.82) is 0 Å². The van der Waals surface area contributed by atoms with Gasteiger partial charge in [-0.25, -0.2) is 0 Å². The van der Waals surface area contributed by atoms with E-state index in [-0.39, 0.29) is 0 Å². The van der Waals surface area contributed by atoms with Gasteiger partial charge in [-0.1, -0.05) is 36.4 Å². The number of rotatable bonds is 5. The molecule has 3 nitrogen and oxygen atoms in total. The standard InChI is InChI=1S/C17H21NO2/c1-18(2)12-14-9-10-15(20-3)11-16(14)17(19)13-7-5-4-6-8-13/h4-11,17,19H,12H2,1-3H3/t17-/m1/s1. The monoisotopic (exact) mass is 271 g/mol. The van der Waals surface area contributed by atoms with Gasteiger partial charge in [-0.3, -0.25) is 0 Å². The first-order valence-corrected chi connectivity index (χ1v) is 6.66. The van der Waals surface area contributed by atoms with Crippen LogP contribution in [0.25, 0.3) is 0 Å². The molecular formula is C17H21NO2. The Balaban J connectivity index is 2.41. The van der Waals surface area contributed by atoms with Crippen LogP contribution in [0.2, 0.25) is 0 Å². The molecule has 0 aromatic heterocycles. The lowest BCUT2D eigenvalue weighted by Gasteiger charge is -2.19. The van der Waals surface area contributed by atoms with Crippen LogP contribution in [0, 0.1) is 0 Å². The number of ether oxygens (including phenoxy) is 1. The highest BCUT2D eigenvalue weighted by atomic mass is 16.5. The first kappa shape index (κ1) is 14.6. The summed E-state index contributed by atoms with van der Waals surface area (Å²) in [6, 6.07) is 15.5. The SMILES string of the molecule is COc1ccc(CN(C)C)c([C@H](O)c2ccccc2)c1. The Morgan fingerprint density at radius 2 is 1.80 bits per heavy atom. The fourth-order valence-electron chi connectivity index (χ4n) is 2.25. The Bertz CT molecular complexity index is 552. The molecule has 0 bridgehead atoms. The van der Waals surface area contributed by atoms with Crippen molar-refractivity contribution in [3.63, 3.8) is 0 Å². The molecule has 0 aliphatic rings. The van der Waals surface area contributed by atoms with Gasteiger partial charge in [-0.05, 0) is 42.9 Å². The van der Waals surface area contributed by atoms with Crippen molar-refractivity contribution in [2.45, 2.75) is 12.6 Å². The summed E-state index contributed by atoms with van der Waals surface area (Å²) in [4.78, 5) is 2.09. The second kappa shape index (κ2) is 6.55. The number of nitrogens with zero attached hydrogens (tertiary/aromatic N) is 1. The molecule has 0 unspecified atom stereocenters. The van der Waals surface area contributed by atoms with E-state index < -0.39 is 6.10 Å². The van der Waals surface area contributed by atoms with E-state index in [1.54, 1.807) is 7.11 Å². The van der Waals surface area contributed by atoms with E-state index in [1.165, 1.54) is 0 Å². The molecule has 2 aromatic rings. The number of hydrogen-bond donors (Lipinski definition) is 1. The van der Waals surface area contributed by atoms with Gasteiger partial charge in [-0.15, -0.1) is 0 Å². The number of benzene rings is 2. The largest absolute Gasteiger partial charge is 0.497 e. The van der Waals surface area contributed by atoms with Gasteiger partial charge in [-0.2, -0.15) is 0 Å². The van der Waals surface area contributed by atoms with Crippen LogP contribution >= 0.6 is 0 Å². The molecule has 0 aliphatic heterocycles. The van der Waals surface area contributed by atoms with Crippen molar-refractivity contribution in [2.75, 3.05) is 21.2 Å². The lowest BCUT2D eigenvalue weighted by molar-refractivity contribution is 0.217. The minimum atomic E-state index is -0.638. The van der Waals surface area contributed by atoms with Crippen molar-refractivity contribution in [3.8, 4) is 5.75 Å². The first-order chi connectivity index (χ1) is 9.61. The molecule has 2 rings (SSSR count). The molecule has 2 aromatic carbocycles. The summed E-state index contributed by atoms with van der Waals surface area (Å²) in [5.41, 5.74) is 2.89. The van der Waals surface area contributed by atoms with Crippen LogP contribution in [-0.4, -0.2) is 31.2 Å². The minimum Gasteiger partial charge on any atom is -0.497 e. The van der Waals surface area contributed by atoms with Crippen molar-refractivity contribution in [3.05, 3.63) is 65.2 Å². The maximum atomic E-state index is 10.6. The number of methoxy groups -OCH3 is 1. The summed E-state index contributed by atoms with van der Waals surface area (Å²) in [6.45, 7) is 0.781. The molecule has 0 spiro atoms. The van der Waals surface area contributed by atoms with E-state index in [2.05, 4.69) is 4.90 Å². The zero-order chi connectivity index (χ0) is 14.5. The molecular weight excluding hydrogens is 250 g/mol. The number of aliphatic hydroxyl groups is 1. The fraction of sp³-hybridized carbons (Fsp3) is 0.294. The van der Waals surface area contributed by atoms with Gasteiger partial charge in [0, 0.05) is 6.54 Å². The van der Waals surface area contributed by atoms with Gasteiger partial charge in [0.25, 0.3) is 0 Å². The maximum Gasteiger partial charge on any atom is 0.119 e. The zero-order valence-electron chi connectivity index (χ0n) is 12.2. The highest BCUT2D eigenvalue weighted by Crippen LogP contribution is 2.29. The quantitative estimate of drug-likeness (QED) is 0.907. The van der Waals surface area contributed by atoms with Gasteiger partial charge < -0.3 is 14.7 Å². The Hall–Kier alpha value is -1.84. The summed E-state index contributed by atoms with van der Waals surface area (Å²) in [6.07, 6.45) is -0.638. The average Bonchev–Trinajstić information content (AvgIpc) is 2.47. The van der Waals surface area contributed by atoms with E-state index in [9.17, 15) is 5.11 Å². The highest BCUT2D eigenvalue weighted by molar-refractivity contribution is 5.41. The molecule has 3 heteroatoms. The summed E-state index contributed by atoms with van der Waals surface area (Å²) >= 11 is 0. The number of hydrogen-bond acceptors (Lipinski definition) is 3. The van der Waals surface area contributed by atoms with Gasteiger partial charge in [0.2, 0.25) is 0 Å². The summed E-state index contributed by atoms with van der Waals surface area (Å²) < 4.78 is 5.28. The molecule has 106 valence electrons. The molecule has 0 amide bonds. The van der Waals surface area contributed by atoms with Gasteiger partial charge in [0.05, 0.1) is 7.11 Å². The Kier molecular flexibility index (Phi) is 4.77. The predicted molar refractivity (Wildman–Crippen MR) is 80.9 cm³/mol. The van der Waals surface area contributed by atoms with Crippen LogP contribution in [-0.2, 0) is 6.54 Å². The van der Waals surface area contributed by atoms with Crippen LogP contribution in [0.3, 0.4) is 0 Å². The molecule has 20 heavy (non-hydrogen) atoms. The van der Waals surface area contributed by atoms with Crippen molar-refractivity contribution in [1.82, 2.24) is 4.90 Å². The highest BCUT2D eigenvalue weighted by Gasteiger charge is 2.15. The second-order valence-corrected chi connectivity index (χ2v) is 5.12. The average molecular weight is 271 g/mol. The topological polar surface area (TPSA) is 32.7 Å². The molecule has 1 N–H and O–H groups in total. The van der Waals surface area contributed by atoms with Crippen molar-refractivity contribution in [2.24, 2.45) is 0 Å². The first-order valence-electron chi connectivity index (χ1n) is 6.66. The maximum absolute atomic E-state index is 10.6. The van der Waals surface area contributed by atoms with E-state index >= 15 is 0 Å². The molecule has 0 aliphatic carbocycles. The summed E-state index contributed by atoms with van der Waals surface area (Å²) in [5, 5.41) is 10.6. The van der Waals surface area contributed by atoms with Crippen LogP contribution in [0.1, 0.15) is 22.8 Å². The van der Waals surface area contributed by atoms with Crippen molar-refractivity contribution < 1.29 is 9.84 Å². The smallest absolute Gasteiger partial charge is 0.119 e. The summed E-state index contributed by atoms with van der Waals surface area (Å²) in [5.74, 6) is 0.762. The third-order valence-electron chi connectivity index (χ3n) is 3.25. The second-order valence-electron chi connectivity index (χ2n) is 5.12. The Morgan fingerprint density at radius 1 is 1.10 bits per heavy atom. The molecule has 1 atom stereocenters. The molecule has 0 saturated carbocycles. The predicted octanol–water partition coefficient (Wildman–Crippen LogP) is 2.84. The van der Waals surface area contributed by atoms with Gasteiger partial charge in [0.1, 0.15) is 11.9 Å². The third kappa shape index (κ3) is 3.38. The summed E-state index contributed by atoms with van der Waals surface area (Å²) in [7, 11) is 5.67. The molecule has 0 fully saturated rings. The molecule has 0 radical (unpaired) electrons. The number of aliphatic hydroxyl groups excluding tert-OH is 1. The van der Waals surface area contributed by atoms with Crippen LogP contribution in [0.15, 0.2) is 48.5 Å². The molecule has 0 heterocycles. The fourth-order valence-corrected chi connectivity index (χ4v) is 2.25. The lowest BCUT2D eigenvalue weighted by atomic mass is 9.96. The van der Waals surface area contributed by atoms with Crippen LogP contribution in [0.4, 0.5) is 0 Å². The van der Waals surface area contributed by atoms with E-state index in [4.69, 9.17) is 4.74 Å². The van der Waals surface area contributed by atoms with E-state index in [1.807, 2.05) is 62.6 Å². The zero-order valence-corrected chi connectivity index (χ0v) is 12.2. The Labute approximate surface area is 120 Å². The van der Waals surface area contributed by atoms with Crippen molar-refractivity contribution >= 4 is 0 Å². The van der Waals surface area contributed by atoms with Crippen LogP contribution in [0.5, 0.6) is 5.75 Å².